The van der Waals surface area contributed by atoms with E-state index in [0.717, 1.165) is 55.5 Å². The molecule has 0 radical (unpaired) electrons. The quantitative estimate of drug-likeness (QED) is 0.118. The van der Waals surface area contributed by atoms with Crippen LogP contribution in [-0.4, -0.2) is 19.1 Å². The monoisotopic (exact) mass is 982 g/mol. The normalized spacial score (nSPS) is 13.0. The molecule has 0 fully saturated rings. The molecule has 0 aliphatic carbocycles. The minimum atomic E-state index is -1.61. The minimum Gasteiger partial charge on any atom is -0.522 e. The molecule has 9 aromatic rings. The number of ether oxygens (including phenoxy) is 1. The Morgan fingerprint density at radius 2 is 1.38 bits per heavy atom. The van der Waals surface area contributed by atoms with Crippen molar-refractivity contribution in [2.24, 2.45) is 5.41 Å². The number of fused-ring (bicyclic) bond motifs is 4. The van der Waals surface area contributed by atoms with Crippen LogP contribution in [0.15, 0.2) is 134 Å². The summed E-state index contributed by atoms with van der Waals surface area (Å²) in [5.74, 6) is 2.23. The zero-order chi connectivity index (χ0) is 43.8. The summed E-state index contributed by atoms with van der Waals surface area (Å²) in [6, 6.07) is 48.3. The van der Waals surface area contributed by atoms with Gasteiger partial charge in [-0.1, -0.05) is 146 Å². The SMILES string of the molecule is [2H]C([2H])(c1ccc2c(c1)n(-c1[c-]c(Oc3[c-]c4c(cc3)c3cc(-c5ccccc5)ccc3n4-c3cc(C(C)(C)C)ccn3)ccn1)[c-][n+]2-c1cccc(C(C)(C)C)c1)C(C)(C)C.[Pt]. The molecule has 0 unspecified atom stereocenters. The van der Waals surface area contributed by atoms with E-state index in [1.165, 1.54) is 11.1 Å². The molecule has 0 N–H and O–H groups in total. The Morgan fingerprint density at radius 3 is 2.13 bits per heavy atom. The first kappa shape index (κ1) is 39.3. The van der Waals surface area contributed by atoms with Gasteiger partial charge in [-0.25, -0.2) is 4.98 Å². The summed E-state index contributed by atoms with van der Waals surface area (Å²) in [7, 11) is 0. The molecule has 0 bridgehead atoms. The third-order valence-corrected chi connectivity index (χ3v) is 10.8. The van der Waals surface area contributed by atoms with Crippen LogP contribution in [0.1, 0.15) is 81.7 Å². The first-order valence-corrected chi connectivity index (χ1v) is 20.6. The molecule has 0 aliphatic rings. The largest absolute Gasteiger partial charge is 0.522 e. The molecule has 0 aliphatic heterocycles. The minimum absolute atomic E-state index is 0. The van der Waals surface area contributed by atoms with E-state index >= 15 is 0 Å². The van der Waals surface area contributed by atoms with Crippen LogP contribution in [0.25, 0.3) is 61.3 Å². The van der Waals surface area contributed by atoms with Gasteiger partial charge in [0.1, 0.15) is 5.82 Å². The molecule has 310 valence electrons. The fourth-order valence-electron chi connectivity index (χ4n) is 7.77. The van der Waals surface area contributed by atoms with Gasteiger partial charge in [0, 0.05) is 41.3 Å². The second-order valence-corrected chi connectivity index (χ2v) is 18.7. The topological polar surface area (TPSA) is 48.8 Å². The van der Waals surface area contributed by atoms with Crippen LogP contribution < -0.4 is 9.30 Å². The van der Waals surface area contributed by atoms with Crippen molar-refractivity contribution in [3.63, 3.8) is 0 Å². The van der Waals surface area contributed by atoms with E-state index in [2.05, 4.69) is 149 Å². The smallest absolute Gasteiger partial charge is 0.269 e. The maximum atomic E-state index is 9.13. The Balaban J connectivity index is 0.00000544. The van der Waals surface area contributed by atoms with Crippen molar-refractivity contribution < 1.29 is 33.1 Å². The molecule has 9 rings (SSSR count). The Kier molecular flexibility index (Phi) is 10.2. The van der Waals surface area contributed by atoms with E-state index in [1.807, 2.05) is 66.4 Å². The molecule has 0 spiro atoms. The van der Waals surface area contributed by atoms with Crippen molar-refractivity contribution in [2.45, 2.75) is 79.5 Å². The molecule has 4 heterocycles. The van der Waals surface area contributed by atoms with Crippen molar-refractivity contribution in [2.75, 3.05) is 0 Å². The number of nitrogens with zero attached hydrogens (tertiary/aromatic N) is 5. The standard InChI is InChI=1S/C54H51N5O.Pt/c1-52(2,3)34-36-18-22-47-49(28-36)58(35-57(47)41-17-13-16-39(30-41)53(4,5)6)50-33-43(25-27-55-50)60-42-20-21-44-45-29-38(37-14-11-10-12-15-37)19-23-46(45)59(48(44)32-42)51-31-40(24-26-56-51)54(7,8)9;/h10-31H,34H2,1-9H3;/q-2;/i34D2;. The third-order valence-electron chi connectivity index (χ3n) is 10.8. The molecule has 0 amide bonds. The van der Waals surface area contributed by atoms with Crippen molar-refractivity contribution >= 4 is 32.8 Å². The first-order chi connectivity index (χ1) is 29.4. The Bertz CT molecular complexity index is 3150. The molecule has 61 heavy (non-hydrogen) atoms. The van der Waals surface area contributed by atoms with E-state index in [9.17, 15) is 0 Å². The molecule has 5 aromatic carbocycles. The van der Waals surface area contributed by atoms with E-state index in [1.54, 1.807) is 12.3 Å². The fraction of sp³-hybridized carbons (Fsp3) is 0.241. The van der Waals surface area contributed by atoms with Crippen LogP contribution in [0.4, 0.5) is 0 Å². The number of pyridine rings is 2. The molecule has 6 nitrogen and oxygen atoms in total. The van der Waals surface area contributed by atoms with Crippen LogP contribution in [0.5, 0.6) is 11.5 Å². The summed E-state index contributed by atoms with van der Waals surface area (Å²) >= 11 is 0. The van der Waals surface area contributed by atoms with Gasteiger partial charge in [-0.05, 0) is 92.4 Å². The third kappa shape index (κ3) is 8.44. The molecule has 7 heteroatoms. The van der Waals surface area contributed by atoms with E-state index in [4.69, 9.17) is 17.4 Å². The van der Waals surface area contributed by atoms with Gasteiger partial charge in [0.25, 0.3) is 6.33 Å². The number of aromatic nitrogens is 5. The number of hydrogen-bond donors (Lipinski definition) is 0. The maximum Gasteiger partial charge on any atom is 0.269 e. The fourth-order valence-corrected chi connectivity index (χ4v) is 7.77. The summed E-state index contributed by atoms with van der Waals surface area (Å²) in [6.07, 6.45) is 5.52. The Hall–Kier alpha value is -5.84. The maximum absolute atomic E-state index is 9.13. The number of hydrogen-bond acceptors (Lipinski definition) is 3. The predicted octanol–water partition coefficient (Wildman–Crippen LogP) is 12.8. The summed E-state index contributed by atoms with van der Waals surface area (Å²) in [6.45, 7) is 19.0. The van der Waals surface area contributed by atoms with Gasteiger partial charge in [0.2, 0.25) is 0 Å². The number of imidazole rings is 1. The predicted molar refractivity (Wildman–Crippen MR) is 244 cm³/mol. The van der Waals surface area contributed by atoms with Gasteiger partial charge in [-0.3, -0.25) is 14.1 Å². The Morgan fingerprint density at radius 1 is 0.639 bits per heavy atom. The van der Waals surface area contributed by atoms with Crippen LogP contribution in [0.3, 0.4) is 0 Å². The number of benzene rings is 5. The average molecular weight is 983 g/mol. The van der Waals surface area contributed by atoms with Crippen molar-refractivity contribution in [3.8, 4) is 39.9 Å². The molecular formula is C54H51N5OPt-2. The first-order valence-electron chi connectivity index (χ1n) is 21.6. The van der Waals surface area contributed by atoms with E-state index in [0.29, 0.717) is 22.9 Å². The van der Waals surface area contributed by atoms with Gasteiger partial charge < -0.3 is 9.30 Å². The van der Waals surface area contributed by atoms with Gasteiger partial charge in [-0.2, -0.15) is 18.2 Å². The molecule has 4 aromatic heterocycles. The molecule has 0 atom stereocenters. The van der Waals surface area contributed by atoms with Gasteiger partial charge in [0.05, 0.1) is 22.5 Å². The van der Waals surface area contributed by atoms with E-state index in [-0.39, 0.29) is 31.9 Å². The molecule has 0 saturated heterocycles. The van der Waals surface area contributed by atoms with Crippen LogP contribution in [-0.2, 0) is 38.3 Å². The molecule has 0 saturated carbocycles. The molecular weight excluding hydrogens is 930 g/mol. The zero-order valence-corrected chi connectivity index (χ0v) is 38.4. The summed E-state index contributed by atoms with van der Waals surface area (Å²) in [4.78, 5) is 9.66. The van der Waals surface area contributed by atoms with Crippen molar-refractivity contribution in [1.29, 1.82) is 0 Å². The Labute approximate surface area is 377 Å². The van der Waals surface area contributed by atoms with Gasteiger partial charge in [-0.15, -0.1) is 17.5 Å². The van der Waals surface area contributed by atoms with Crippen LogP contribution >= 0.6 is 0 Å². The average Bonchev–Trinajstić information content (AvgIpc) is 3.78. The van der Waals surface area contributed by atoms with Crippen LogP contribution in [0.2, 0.25) is 0 Å². The van der Waals surface area contributed by atoms with Crippen molar-refractivity contribution in [1.82, 2.24) is 19.1 Å². The second kappa shape index (κ2) is 15.9. The zero-order valence-electron chi connectivity index (χ0n) is 38.2. The van der Waals surface area contributed by atoms with Gasteiger partial charge in [0.15, 0.2) is 0 Å². The second-order valence-electron chi connectivity index (χ2n) is 18.7. The van der Waals surface area contributed by atoms with Gasteiger partial charge >= 0.3 is 0 Å². The summed E-state index contributed by atoms with van der Waals surface area (Å²) < 4.78 is 30.9. The van der Waals surface area contributed by atoms with E-state index < -0.39 is 11.8 Å². The summed E-state index contributed by atoms with van der Waals surface area (Å²) in [5.41, 5.74) is 8.88. The van der Waals surface area contributed by atoms with Crippen molar-refractivity contribution in [3.05, 3.63) is 169 Å². The van der Waals surface area contributed by atoms with Crippen LogP contribution in [0, 0.1) is 23.9 Å². The number of rotatable bonds is 7. The summed E-state index contributed by atoms with van der Waals surface area (Å²) in [5, 5.41) is 2.13.